The second-order valence-electron chi connectivity index (χ2n) is 4.83. The monoisotopic (exact) mass is 330 g/mol. The fourth-order valence-corrected chi connectivity index (χ4v) is 2.25. The fourth-order valence-electron chi connectivity index (χ4n) is 2.25. The Labute approximate surface area is 128 Å². The summed E-state index contributed by atoms with van der Waals surface area (Å²) in [5.74, 6) is -2.26. The second-order valence-corrected chi connectivity index (χ2v) is 4.83. The lowest BCUT2D eigenvalue weighted by Gasteiger charge is -2.14. The van der Waals surface area contributed by atoms with Crippen LogP contribution in [-0.4, -0.2) is 40.8 Å². The lowest BCUT2D eigenvalue weighted by molar-refractivity contribution is -0.138. The highest BCUT2D eigenvalue weighted by Crippen LogP contribution is 2.35. The van der Waals surface area contributed by atoms with Crippen molar-refractivity contribution in [2.24, 2.45) is 7.05 Å². The zero-order chi connectivity index (χ0) is 17.5. The summed E-state index contributed by atoms with van der Waals surface area (Å²) in [5.41, 5.74) is -1.97. The highest BCUT2D eigenvalue weighted by atomic mass is 19.4. The maximum atomic E-state index is 13.0. The first kappa shape index (κ1) is 16.8. The molecule has 1 amide bonds. The summed E-state index contributed by atoms with van der Waals surface area (Å²) in [7, 11) is 4.04. The molecule has 0 saturated carbocycles. The van der Waals surface area contributed by atoms with Crippen LogP contribution in [0.25, 0.3) is 10.9 Å². The molecule has 23 heavy (non-hydrogen) atoms. The van der Waals surface area contributed by atoms with E-state index in [4.69, 9.17) is 9.94 Å². The molecule has 9 heteroatoms. The number of nitrogens with zero attached hydrogens (tertiary/aromatic N) is 2. The third-order valence-corrected chi connectivity index (χ3v) is 3.50. The zero-order valence-electron chi connectivity index (χ0n) is 12.4. The van der Waals surface area contributed by atoms with Crippen molar-refractivity contribution in [1.82, 2.24) is 9.63 Å². The molecule has 0 fully saturated rings. The smallest absolute Gasteiger partial charge is 0.417 e. The first-order chi connectivity index (χ1) is 10.6. The Hall–Kier alpha value is -2.55. The van der Waals surface area contributed by atoms with E-state index in [9.17, 15) is 22.8 Å². The molecule has 0 spiro atoms. The van der Waals surface area contributed by atoms with Gasteiger partial charge in [0.1, 0.15) is 5.69 Å². The van der Waals surface area contributed by atoms with Gasteiger partial charge in [0, 0.05) is 25.0 Å². The van der Waals surface area contributed by atoms with E-state index < -0.39 is 29.2 Å². The molecular formula is C14H13F3N2O4. The van der Waals surface area contributed by atoms with Crippen LogP contribution < -0.4 is 0 Å². The van der Waals surface area contributed by atoms with Gasteiger partial charge in [0.05, 0.1) is 18.2 Å². The number of carboxylic acids is 1. The van der Waals surface area contributed by atoms with Gasteiger partial charge in [0.15, 0.2) is 0 Å². The Morgan fingerprint density at radius 1 is 1.26 bits per heavy atom. The van der Waals surface area contributed by atoms with Crippen LogP contribution in [0.15, 0.2) is 18.2 Å². The van der Waals surface area contributed by atoms with Crippen LogP contribution in [0.1, 0.15) is 26.4 Å². The first-order valence-corrected chi connectivity index (χ1v) is 6.34. The number of aromatic nitrogens is 1. The molecule has 1 heterocycles. The summed E-state index contributed by atoms with van der Waals surface area (Å²) in [6.45, 7) is 0. The number of rotatable bonds is 3. The van der Waals surface area contributed by atoms with Crippen molar-refractivity contribution in [2.75, 3.05) is 14.2 Å². The molecule has 0 radical (unpaired) electrons. The fraction of sp³-hybridized carbons (Fsp3) is 0.286. The Morgan fingerprint density at radius 3 is 2.35 bits per heavy atom. The third kappa shape index (κ3) is 2.87. The van der Waals surface area contributed by atoms with Crippen molar-refractivity contribution in [2.45, 2.75) is 6.18 Å². The largest absolute Gasteiger partial charge is 0.478 e. The molecular weight excluding hydrogens is 317 g/mol. The minimum absolute atomic E-state index is 0.0695. The van der Waals surface area contributed by atoms with Crippen molar-refractivity contribution in [3.8, 4) is 0 Å². The molecule has 0 aliphatic rings. The highest BCUT2D eigenvalue weighted by molar-refractivity contribution is 6.01. The van der Waals surface area contributed by atoms with Gasteiger partial charge in [-0.15, -0.1) is 0 Å². The molecule has 124 valence electrons. The van der Waals surface area contributed by atoms with Gasteiger partial charge in [-0.2, -0.15) is 13.2 Å². The number of carboxylic acid groups (broad SMARTS) is 1. The number of hydroxylamine groups is 2. The highest BCUT2D eigenvalue weighted by Gasteiger charge is 2.36. The Bertz CT molecular complexity index is 795. The van der Waals surface area contributed by atoms with E-state index in [0.29, 0.717) is 0 Å². The van der Waals surface area contributed by atoms with E-state index in [0.717, 1.165) is 17.2 Å². The van der Waals surface area contributed by atoms with Crippen molar-refractivity contribution >= 4 is 22.8 Å². The number of aromatic carboxylic acids is 1. The molecule has 1 aromatic carbocycles. The standard InChI is InChI=1S/C14H13F3N2O4/c1-18-10-6-9(14(15,16)17)8(13(21)22)4-7(10)5-11(18)12(20)19(2)23-3/h4-6H,1-3H3,(H,21,22). The topological polar surface area (TPSA) is 71.8 Å². The molecule has 0 aliphatic heterocycles. The predicted molar refractivity (Wildman–Crippen MR) is 74.0 cm³/mol. The summed E-state index contributed by atoms with van der Waals surface area (Å²) in [6, 6.07) is 2.95. The molecule has 2 aromatic rings. The summed E-state index contributed by atoms with van der Waals surface area (Å²) in [4.78, 5) is 28.0. The Balaban J connectivity index is 2.74. The van der Waals surface area contributed by atoms with Crippen LogP contribution in [-0.2, 0) is 18.1 Å². The van der Waals surface area contributed by atoms with Crippen LogP contribution in [0, 0.1) is 0 Å². The normalized spacial score (nSPS) is 11.7. The third-order valence-electron chi connectivity index (χ3n) is 3.50. The lowest BCUT2D eigenvalue weighted by Crippen LogP contribution is -2.27. The van der Waals surface area contributed by atoms with Crippen LogP contribution in [0.5, 0.6) is 0 Å². The lowest BCUT2D eigenvalue weighted by atomic mass is 10.0. The van der Waals surface area contributed by atoms with Crippen LogP contribution in [0.4, 0.5) is 13.2 Å². The first-order valence-electron chi connectivity index (χ1n) is 6.34. The average Bonchev–Trinajstić information content (AvgIpc) is 2.80. The number of amides is 1. The number of alkyl halides is 3. The van der Waals surface area contributed by atoms with Crippen molar-refractivity contribution in [3.05, 3.63) is 35.0 Å². The number of aryl methyl sites for hydroxylation is 1. The van der Waals surface area contributed by atoms with E-state index in [1.807, 2.05) is 0 Å². The van der Waals surface area contributed by atoms with Gasteiger partial charge in [0.2, 0.25) is 0 Å². The van der Waals surface area contributed by atoms with Gasteiger partial charge in [-0.25, -0.2) is 9.86 Å². The van der Waals surface area contributed by atoms with E-state index in [2.05, 4.69) is 0 Å². The Morgan fingerprint density at radius 2 is 1.87 bits per heavy atom. The SMILES string of the molecule is CON(C)C(=O)c1cc2cc(C(=O)O)c(C(F)(F)F)cc2n1C. The number of carbonyl (C=O) groups excluding carboxylic acids is 1. The number of halogens is 3. The average molecular weight is 330 g/mol. The molecule has 2 rings (SSSR count). The molecule has 0 unspecified atom stereocenters. The summed E-state index contributed by atoms with van der Waals surface area (Å²) >= 11 is 0. The molecule has 1 aromatic heterocycles. The number of benzene rings is 1. The molecule has 0 saturated heterocycles. The van der Waals surface area contributed by atoms with Gasteiger partial charge in [-0.05, 0) is 18.2 Å². The predicted octanol–water partition coefficient (Wildman–Crippen LogP) is 2.53. The van der Waals surface area contributed by atoms with Crippen molar-refractivity contribution in [3.63, 3.8) is 0 Å². The summed E-state index contributed by atoms with van der Waals surface area (Å²) in [5, 5.41) is 10.1. The van der Waals surface area contributed by atoms with E-state index in [1.165, 1.54) is 31.8 Å². The molecule has 1 N–H and O–H groups in total. The van der Waals surface area contributed by atoms with Crippen molar-refractivity contribution in [1.29, 1.82) is 0 Å². The van der Waals surface area contributed by atoms with Crippen LogP contribution in [0.3, 0.4) is 0 Å². The molecule has 0 aliphatic carbocycles. The molecule has 0 atom stereocenters. The van der Waals surface area contributed by atoms with Crippen LogP contribution in [0.2, 0.25) is 0 Å². The number of carbonyl (C=O) groups is 2. The van der Waals surface area contributed by atoms with E-state index >= 15 is 0 Å². The minimum atomic E-state index is -4.82. The maximum absolute atomic E-state index is 13.0. The molecule has 6 nitrogen and oxygen atoms in total. The molecule has 0 bridgehead atoms. The zero-order valence-corrected chi connectivity index (χ0v) is 12.4. The number of hydrogen-bond donors (Lipinski definition) is 1. The number of hydrogen-bond acceptors (Lipinski definition) is 3. The van der Waals surface area contributed by atoms with Gasteiger partial charge < -0.3 is 9.67 Å². The van der Waals surface area contributed by atoms with Gasteiger partial charge in [-0.3, -0.25) is 9.63 Å². The quantitative estimate of drug-likeness (QED) is 0.878. The van der Waals surface area contributed by atoms with E-state index in [-0.39, 0.29) is 16.6 Å². The second kappa shape index (κ2) is 5.58. The van der Waals surface area contributed by atoms with Gasteiger partial charge in [-0.1, -0.05) is 0 Å². The minimum Gasteiger partial charge on any atom is -0.478 e. The van der Waals surface area contributed by atoms with Gasteiger partial charge in [0.25, 0.3) is 5.91 Å². The Kier molecular flexibility index (Phi) is 4.08. The maximum Gasteiger partial charge on any atom is 0.417 e. The van der Waals surface area contributed by atoms with E-state index in [1.54, 1.807) is 0 Å². The summed E-state index contributed by atoms with van der Waals surface area (Å²) in [6.07, 6.45) is -4.82. The summed E-state index contributed by atoms with van der Waals surface area (Å²) < 4.78 is 40.4. The van der Waals surface area contributed by atoms with Crippen molar-refractivity contribution < 1.29 is 32.7 Å². The van der Waals surface area contributed by atoms with Gasteiger partial charge >= 0.3 is 12.1 Å². The van der Waals surface area contributed by atoms with Crippen LogP contribution >= 0.6 is 0 Å². The number of fused-ring (bicyclic) bond motifs is 1.